The van der Waals surface area contributed by atoms with Crippen LogP contribution in [0.15, 0.2) is 54.1 Å². The van der Waals surface area contributed by atoms with Crippen LogP contribution < -0.4 is 10.2 Å². The van der Waals surface area contributed by atoms with E-state index >= 15 is 0 Å². The Balaban J connectivity index is 1.39. The maximum absolute atomic E-state index is 13.5. The lowest BCUT2D eigenvalue weighted by Crippen LogP contribution is -2.32. The van der Waals surface area contributed by atoms with Crippen LogP contribution in [0.1, 0.15) is 44.6 Å². The van der Waals surface area contributed by atoms with Gasteiger partial charge in [-0.2, -0.15) is 0 Å². The number of imidazole rings is 1. The minimum Gasteiger partial charge on any atom is -0.326 e. The molecule has 8 heteroatoms. The number of halogens is 2. The van der Waals surface area contributed by atoms with Gasteiger partial charge in [0, 0.05) is 18.3 Å². The van der Waals surface area contributed by atoms with Crippen LogP contribution in [0.2, 0.25) is 0 Å². The molecule has 6 nitrogen and oxygen atoms in total. The van der Waals surface area contributed by atoms with Gasteiger partial charge >= 0.3 is 0 Å². The van der Waals surface area contributed by atoms with Gasteiger partial charge in [0.25, 0.3) is 5.91 Å². The lowest BCUT2D eigenvalue weighted by molar-refractivity contribution is -0.124. The molecular formula is C25H24F2N4O2. The molecule has 1 N–H and O–H groups in total. The van der Waals surface area contributed by atoms with Crippen LogP contribution in [0.25, 0.3) is 11.0 Å². The Kier molecular flexibility index (Phi) is 5.66. The second-order valence-corrected chi connectivity index (χ2v) is 8.52. The van der Waals surface area contributed by atoms with Crippen molar-refractivity contribution in [1.29, 1.82) is 0 Å². The second-order valence-electron chi connectivity index (χ2n) is 8.52. The van der Waals surface area contributed by atoms with E-state index in [0.717, 1.165) is 42.4 Å². The Morgan fingerprint density at radius 2 is 1.97 bits per heavy atom. The first-order chi connectivity index (χ1) is 16.0. The van der Waals surface area contributed by atoms with Crippen molar-refractivity contribution < 1.29 is 18.4 Å². The summed E-state index contributed by atoms with van der Waals surface area (Å²) < 4.78 is 28.5. The Hall–Kier alpha value is -3.55. The summed E-state index contributed by atoms with van der Waals surface area (Å²) in [5, 5.41) is 2.57. The molecule has 0 fully saturated rings. The Morgan fingerprint density at radius 3 is 2.76 bits per heavy atom. The molecule has 1 aliphatic heterocycles. The molecule has 2 heterocycles. The number of rotatable bonds is 6. The maximum atomic E-state index is 13.5. The number of allylic oxidation sites excluding steroid dienone is 1. The van der Waals surface area contributed by atoms with Crippen LogP contribution in [0.5, 0.6) is 0 Å². The second kappa shape index (κ2) is 8.77. The summed E-state index contributed by atoms with van der Waals surface area (Å²) in [7, 11) is 0. The SMILES string of the molecule is O=C(C[C@H]1C(=O)N(CCC2=CCCCC2)c2nc3ccccc3n21)Nc1ccc(F)c(F)c1. The van der Waals surface area contributed by atoms with Gasteiger partial charge in [-0.1, -0.05) is 23.8 Å². The van der Waals surface area contributed by atoms with Gasteiger partial charge in [-0.25, -0.2) is 13.8 Å². The van der Waals surface area contributed by atoms with Gasteiger partial charge in [-0.15, -0.1) is 0 Å². The normalized spacial score (nSPS) is 17.9. The first-order valence-corrected chi connectivity index (χ1v) is 11.2. The molecule has 2 amide bonds. The number of hydrogen-bond donors (Lipinski definition) is 1. The van der Waals surface area contributed by atoms with E-state index in [1.807, 2.05) is 28.8 Å². The first kappa shape index (κ1) is 21.3. The molecule has 2 aromatic carbocycles. The molecule has 0 saturated heterocycles. The molecule has 33 heavy (non-hydrogen) atoms. The number of hydrogen-bond acceptors (Lipinski definition) is 3. The summed E-state index contributed by atoms with van der Waals surface area (Å²) in [6.07, 6.45) is 7.42. The number of fused-ring (bicyclic) bond motifs is 3. The number of benzene rings is 2. The van der Waals surface area contributed by atoms with E-state index in [0.29, 0.717) is 12.5 Å². The fourth-order valence-electron chi connectivity index (χ4n) is 4.66. The summed E-state index contributed by atoms with van der Waals surface area (Å²) in [6.45, 7) is 0.509. The highest BCUT2D eigenvalue weighted by atomic mass is 19.2. The minimum absolute atomic E-state index is 0.135. The van der Waals surface area contributed by atoms with E-state index in [1.54, 1.807) is 4.90 Å². The largest absolute Gasteiger partial charge is 0.326 e. The topological polar surface area (TPSA) is 67.2 Å². The van der Waals surface area contributed by atoms with Crippen LogP contribution in [-0.4, -0.2) is 27.9 Å². The summed E-state index contributed by atoms with van der Waals surface area (Å²) in [5.74, 6) is -2.13. The number of amides is 2. The molecule has 3 aromatic rings. The zero-order valence-corrected chi connectivity index (χ0v) is 18.1. The third kappa shape index (κ3) is 4.13. The van der Waals surface area contributed by atoms with E-state index in [9.17, 15) is 18.4 Å². The summed E-state index contributed by atoms with van der Waals surface area (Å²) in [4.78, 5) is 32.5. The molecule has 0 bridgehead atoms. The van der Waals surface area contributed by atoms with Crippen LogP contribution in [0.4, 0.5) is 20.4 Å². The number of carbonyl (C=O) groups excluding carboxylic acids is 2. The number of aromatic nitrogens is 2. The lowest BCUT2D eigenvalue weighted by atomic mass is 9.97. The van der Waals surface area contributed by atoms with Gasteiger partial charge in [-0.3, -0.25) is 19.1 Å². The van der Waals surface area contributed by atoms with Crippen molar-refractivity contribution in [2.45, 2.75) is 44.6 Å². The van der Waals surface area contributed by atoms with Gasteiger partial charge < -0.3 is 5.32 Å². The van der Waals surface area contributed by atoms with Crippen LogP contribution >= 0.6 is 0 Å². The summed E-state index contributed by atoms with van der Waals surface area (Å²) in [6, 6.07) is 9.93. The maximum Gasteiger partial charge on any atom is 0.253 e. The van der Waals surface area contributed by atoms with Gasteiger partial charge in [-0.05, 0) is 56.4 Å². The average Bonchev–Trinajstić information content (AvgIpc) is 3.30. The van der Waals surface area contributed by atoms with Crippen LogP contribution in [0.3, 0.4) is 0 Å². The molecule has 2 aliphatic rings. The third-order valence-corrected chi connectivity index (χ3v) is 6.31. The molecule has 170 valence electrons. The standard InChI is InChI=1S/C25H24F2N4O2/c26-18-11-10-17(14-19(18)27)28-23(32)15-22-24(33)30(13-12-16-6-2-1-3-7-16)25-29-20-8-4-5-9-21(20)31(22)25/h4-6,8-11,14,22H,1-3,7,12-13,15H2,(H,28,32)/t22-/m0/s1. The molecule has 0 radical (unpaired) electrons. The highest BCUT2D eigenvalue weighted by molar-refractivity contribution is 6.05. The van der Waals surface area contributed by atoms with Crippen molar-refractivity contribution in [3.63, 3.8) is 0 Å². The molecule has 5 rings (SSSR count). The average molecular weight is 450 g/mol. The van der Waals surface area contributed by atoms with Crippen molar-refractivity contribution in [2.75, 3.05) is 16.8 Å². The summed E-state index contributed by atoms with van der Waals surface area (Å²) in [5.41, 5.74) is 3.04. The number of para-hydroxylation sites is 2. The molecule has 1 atom stereocenters. The Bertz CT molecular complexity index is 1270. The summed E-state index contributed by atoms with van der Waals surface area (Å²) >= 11 is 0. The Labute approximate surface area is 189 Å². The quantitative estimate of drug-likeness (QED) is 0.530. The van der Waals surface area contributed by atoms with E-state index in [4.69, 9.17) is 0 Å². The molecule has 0 saturated carbocycles. The number of nitrogens with zero attached hydrogens (tertiary/aromatic N) is 3. The number of carbonyl (C=O) groups is 2. The van der Waals surface area contributed by atoms with Gasteiger partial charge in [0.2, 0.25) is 11.9 Å². The smallest absolute Gasteiger partial charge is 0.253 e. The van der Waals surface area contributed by atoms with Gasteiger partial charge in [0.15, 0.2) is 11.6 Å². The van der Waals surface area contributed by atoms with Gasteiger partial charge in [0.05, 0.1) is 17.5 Å². The number of anilines is 2. The molecular weight excluding hydrogens is 426 g/mol. The van der Waals surface area contributed by atoms with E-state index < -0.39 is 23.6 Å². The van der Waals surface area contributed by atoms with Crippen molar-refractivity contribution in [3.05, 3.63) is 65.7 Å². The Morgan fingerprint density at radius 1 is 1.12 bits per heavy atom. The highest BCUT2D eigenvalue weighted by Crippen LogP contribution is 2.37. The molecule has 1 aliphatic carbocycles. The zero-order chi connectivity index (χ0) is 22.9. The molecule has 0 spiro atoms. The van der Waals surface area contributed by atoms with Gasteiger partial charge in [0.1, 0.15) is 6.04 Å². The zero-order valence-electron chi connectivity index (χ0n) is 18.1. The predicted molar refractivity (Wildman–Crippen MR) is 122 cm³/mol. The van der Waals surface area contributed by atoms with E-state index in [-0.39, 0.29) is 18.0 Å². The fourth-order valence-corrected chi connectivity index (χ4v) is 4.66. The van der Waals surface area contributed by atoms with Crippen LogP contribution in [-0.2, 0) is 9.59 Å². The van der Waals surface area contributed by atoms with E-state index in [2.05, 4.69) is 16.4 Å². The van der Waals surface area contributed by atoms with Crippen molar-refractivity contribution in [3.8, 4) is 0 Å². The van der Waals surface area contributed by atoms with Crippen molar-refractivity contribution in [2.24, 2.45) is 0 Å². The van der Waals surface area contributed by atoms with Crippen molar-refractivity contribution >= 4 is 34.5 Å². The van der Waals surface area contributed by atoms with Crippen LogP contribution in [0, 0.1) is 11.6 Å². The molecule has 1 aromatic heterocycles. The monoisotopic (exact) mass is 450 g/mol. The minimum atomic E-state index is -1.05. The fraction of sp³-hybridized carbons (Fsp3) is 0.320. The lowest BCUT2D eigenvalue weighted by Gasteiger charge is -2.18. The predicted octanol–water partition coefficient (Wildman–Crippen LogP) is 5.12. The first-order valence-electron chi connectivity index (χ1n) is 11.2. The van der Waals surface area contributed by atoms with Crippen molar-refractivity contribution in [1.82, 2.24) is 9.55 Å². The third-order valence-electron chi connectivity index (χ3n) is 6.31. The van der Waals surface area contributed by atoms with E-state index in [1.165, 1.54) is 24.5 Å². The molecule has 0 unspecified atom stereocenters. The highest BCUT2D eigenvalue weighted by Gasteiger charge is 2.40. The number of nitrogens with one attached hydrogen (secondary N) is 1.